The quantitative estimate of drug-likeness (QED) is 0.869. The second-order valence-corrected chi connectivity index (χ2v) is 5.50. The molecule has 0 spiro atoms. The van der Waals surface area contributed by atoms with Crippen LogP contribution in [0.1, 0.15) is 51.2 Å². The minimum Gasteiger partial charge on any atom is -0.481 e. The Hall–Kier alpha value is -1.55. The van der Waals surface area contributed by atoms with E-state index in [0.717, 1.165) is 18.4 Å². The lowest BCUT2D eigenvalue weighted by atomic mass is 10.1. The van der Waals surface area contributed by atoms with Crippen molar-refractivity contribution in [3.63, 3.8) is 0 Å². The number of aliphatic hydroxyl groups is 1. The summed E-state index contributed by atoms with van der Waals surface area (Å²) in [6.45, 7) is 3.45. The van der Waals surface area contributed by atoms with Gasteiger partial charge < -0.3 is 15.2 Å². The number of carbonyl (C=O) groups is 1. The van der Waals surface area contributed by atoms with E-state index in [-0.39, 0.29) is 5.91 Å². The zero-order valence-electron chi connectivity index (χ0n) is 12.1. The Bertz CT molecular complexity index is 453. The molecule has 4 heteroatoms. The molecular formula is C16H23NO3. The summed E-state index contributed by atoms with van der Waals surface area (Å²) in [5.41, 5.74) is 0.783. The van der Waals surface area contributed by atoms with Gasteiger partial charge in [-0.15, -0.1) is 0 Å². The van der Waals surface area contributed by atoms with Gasteiger partial charge >= 0.3 is 0 Å². The minimum absolute atomic E-state index is 0.0700. The molecule has 4 nitrogen and oxygen atoms in total. The molecule has 1 fully saturated rings. The molecule has 0 aliphatic heterocycles. The molecule has 2 N–H and O–H groups in total. The molecule has 1 unspecified atom stereocenters. The third-order valence-corrected chi connectivity index (χ3v) is 3.72. The third kappa shape index (κ3) is 3.97. The van der Waals surface area contributed by atoms with Gasteiger partial charge in [-0.25, -0.2) is 0 Å². The fraction of sp³-hybridized carbons (Fsp3) is 0.562. The van der Waals surface area contributed by atoms with E-state index in [2.05, 4.69) is 5.32 Å². The molecule has 0 radical (unpaired) electrons. The Morgan fingerprint density at radius 1 is 1.35 bits per heavy atom. The lowest BCUT2D eigenvalue weighted by Gasteiger charge is -2.18. The van der Waals surface area contributed by atoms with E-state index >= 15 is 0 Å². The van der Waals surface area contributed by atoms with Crippen molar-refractivity contribution in [1.29, 1.82) is 0 Å². The smallest absolute Gasteiger partial charge is 0.260 e. The van der Waals surface area contributed by atoms with E-state index in [1.807, 2.05) is 12.1 Å². The molecule has 0 heterocycles. The second kappa shape index (κ2) is 6.75. The number of benzene rings is 1. The number of aliphatic hydroxyl groups excluding tert-OH is 1. The Morgan fingerprint density at radius 2 is 2.05 bits per heavy atom. The molecule has 1 aliphatic carbocycles. The zero-order chi connectivity index (χ0) is 14.5. The first kappa shape index (κ1) is 14.9. The van der Waals surface area contributed by atoms with Crippen LogP contribution in [0.2, 0.25) is 0 Å². The molecule has 2 rings (SSSR count). The Labute approximate surface area is 120 Å². The predicted octanol–water partition coefficient (Wildman–Crippen LogP) is 2.57. The zero-order valence-corrected chi connectivity index (χ0v) is 12.1. The van der Waals surface area contributed by atoms with E-state index in [1.165, 1.54) is 12.8 Å². The molecule has 20 heavy (non-hydrogen) atoms. The fourth-order valence-electron chi connectivity index (χ4n) is 2.49. The lowest BCUT2D eigenvalue weighted by Crippen LogP contribution is -2.41. The molecule has 0 aromatic heterocycles. The van der Waals surface area contributed by atoms with Crippen molar-refractivity contribution < 1.29 is 14.6 Å². The Morgan fingerprint density at radius 3 is 2.70 bits per heavy atom. The maximum absolute atomic E-state index is 12.0. The summed E-state index contributed by atoms with van der Waals surface area (Å²) in [4.78, 5) is 12.0. The number of rotatable bonds is 5. The highest BCUT2D eigenvalue weighted by molar-refractivity contribution is 5.81. The molecule has 110 valence electrons. The first-order valence-corrected chi connectivity index (χ1v) is 7.31. The summed E-state index contributed by atoms with van der Waals surface area (Å²) in [5, 5.41) is 12.6. The van der Waals surface area contributed by atoms with E-state index in [9.17, 15) is 9.90 Å². The van der Waals surface area contributed by atoms with Crippen molar-refractivity contribution in [2.24, 2.45) is 0 Å². The summed E-state index contributed by atoms with van der Waals surface area (Å²) in [7, 11) is 0. The molecule has 1 aromatic rings. The summed E-state index contributed by atoms with van der Waals surface area (Å²) < 4.78 is 5.65. The predicted molar refractivity (Wildman–Crippen MR) is 77.6 cm³/mol. The minimum atomic E-state index is -0.541. The van der Waals surface area contributed by atoms with Crippen molar-refractivity contribution >= 4 is 5.91 Å². The van der Waals surface area contributed by atoms with Crippen molar-refractivity contribution in [2.45, 2.75) is 57.8 Å². The molecule has 1 saturated carbocycles. The van der Waals surface area contributed by atoms with Gasteiger partial charge in [0.1, 0.15) is 5.75 Å². The van der Waals surface area contributed by atoms with Crippen LogP contribution < -0.4 is 10.1 Å². The van der Waals surface area contributed by atoms with Gasteiger partial charge in [0.05, 0.1) is 6.10 Å². The van der Waals surface area contributed by atoms with Crippen LogP contribution >= 0.6 is 0 Å². The highest BCUT2D eigenvalue weighted by Crippen LogP contribution is 2.21. The van der Waals surface area contributed by atoms with Crippen LogP contribution in [-0.2, 0) is 4.79 Å². The number of nitrogens with one attached hydrogen (secondary N) is 1. The SMILES string of the molecule is CC(Oc1cccc([C@H](C)O)c1)C(=O)NC1CCCC1. The molecule has 1 amide bonds. The van der Waals surface area contributed by atoms with Crippen LogP contribution in [0.5, 0.6) is 5.75 Å². The van der Waals surface area contributed by atoms with Crippen molar-refractivity contribution in [3.05, 3.63) is 29.8 Å². The molecule has 1 aliphatic rings. The molecule has 2 atom stereocenters. The van der Waals surface area contributed by atoms with Crippen LogP contribution in [0.15, 0.2) is 24.3 Å². The fourth-order valence-corrected chi connectivity index (χ4v) is 2.49. The highest BCUT2D eigenvalue weighted by atomic mass is 16.5. The summed E-state index contributed by atoms with van der Waals surface area (Å²) in [6, 6.07) is 7.52. The van der Waals surface area contributed by atoms with E-state index < -0.39 is 12.2 Å². The van der Waals surface area contributed by atoms with Crippen LogP contribution in [0.25, 0.3) is 0 Å². The average molecular weight is 277 g/mol. The second-order valence-electron chi connectivity index (χ2n) is 5.50. The van der Waals surface area contributed by atoms with Gasteiger partial charge in [-0.05, 0) is 44.4 Å². The number of hydrogen-bond acceptors (Lipinski definition) is 3. The average Bonchev–Trinajstić information content (AvgIpc) is 2.91. The maximum atomic E-state index is 12.0. The van der Waals surface area contributed by atoms with Crippen LogP contribution in [0.4, 0.5) is 0 Å². The van der Waals surface area contributed by atoms with Gasteiger partial charge in [-0.2, -0.15) is 0 Å². The van der Waals surface area contributed by atoms with E-state index in [0.29, 0.717) is 11.8 Å². The first-order chi connectivity index (χ1) is 9.56. The summed E-state index contributed by atoms with van der Waals surface area (Å²) >= 11 is 0. The van der Waals surface area contributed by atoms with Crippen LogP contribution in [0.3, 0.4) is 0 Å². The Kier molecular flexibility index (Phi) is 5.01. The third-order valence-electron chi connectivity index (χ3n) is 3.72. The number of hydrogen-bond donors (Lipinski definition) is 2. The maximum Gasteiger partial charge on any atom is 0.260 e. The summed E-state index contributed by atoms with van der Waals surface area (Å²) in [6.07, 6.45) is 3.44. The number of amides is 1. The van der Waals surface area contributed by atoms with Crippen LogP contribution in [-0.4, -0.2) is 23.2 Å². The standard InChI is InChI=1S/C16H23NO3/c1-11(18)13-6-5-9-15(10-13)20-12(2)16(19)17-14-7-3-4-8-14/h5-6,9-12,14,18H,3-4,7-8H2,1-2H3,(H,17,19)/t11-,12?/m0/s1. The molecule has 0 saturated heterocycles. The molecule has 0 bridgehead atoms. The van der Waals surface area contributed by atoms with Gasteiger partial charge in [0.2, 0.25) is 0 Å². The van der Waals surface area contributed by atoms with Crippen molar-refractivity contribution in [2.75, 3.05) is 0 Å². The van der Waals surface area contributed by atoms with Crippen molar-refractivity contribution in [1.82, 2.24) is 5.32 Å². The van der Waals surface area contributed by atoms with E-state index in [1.54, 1.807) is 26.0 Å². The molecular weight excluding hydrogens is 254 g/mol. The normalized spacial score (nSPS) is 18.6. The van der Waals surface area contributed by atoms with E-state index in [4.69, 9.17) is 4.74 Å². The highest BCUT2D eigenvalue weighted by Gasteiger charge is 2.21. The number of carbonyl (C=O) groups excluding carboxylic acids is 1. The van der Waals surface area contributed by atoms with Gasteiger partial charge in [-0.1, -0.05) is 25.0 Å². The largest absolute Gasteiger partial charge is 0.481 e. The summed E-state index contributed by atoms with van der Waals surface area (Å²) in [5.74, 6) is 0.539. The van der Waals surface area contributed by atoms with Crippen LogP contribution in [0, 0.1) is 0 Å². The van der Waals surface area contributed by atoms with Gasteiger partial charge in [-0.3, -0.25) is 4.79 Å². The van der Waals surface area contributed by atoms with Gasteiger partial charge in [0.25, 0.3) is 5.91 Å². The Balaban J connectivity index is 1.91. The van der Waals surface area contributed by atoms with Gasteiger partial charge in [0.15, 0.2) is 6.10 Å². The topological polar surface area (TPSA) is 58.6 Å². The lowest BCUT2D eigenvalue weighted by molar-refractivity contribution is -0.127. The molecule has 1 aromatic carbocycles. The van der Waals surface area contributed by atoms with Crippen molar-refractivity contribution in [3.8, 4) is 5.75 Å². The monoisotopic (exact) mass is 277 g/mol. The van der Waals surface area contributed by atoms with Gasteiger partial charge in [0, 0.05) is 6.04 Å². The first-order valence-electron chi connectivity index (χ1n) is 7.31. The number of ether oxygens (including phenoxy) is 1.